The zero-order chi connectivity index (χ0) is 10.3. The van der Waals surface area contributed by atoms with E-state index in [-0.39, 0.29) is 11.5 Å². The van der Waals surface area contributed by atoms with Crippen molar-refractivity contribution in [2.24, 2.45) is 0 Å². The maximum absolute atomic E-state index is 13.4. The third-order valence-electron chi connectivity index (χ3n) is 2.37. The molecule has 0 saturated carbocycles. The number of carbonyl (C=O) groups excluding carboxylic acids is 1. The van der Waals surface area contributed by atoms with Crippen molar-refractivity contribution < 1.29 is 13.9 Å². The third kappa shape index (κ3) is 1.25. The van der Waals surface area contributed by atoms with Gasteiger partial charge in [0.05, 0.1) is 7.11 Å². The lowest BCUT2D eigenvalue weighted by molar-refractivity contribution is 0.0994. The van der Waals surface area contributed by atoms with Gasteiger partial charge in [0.1, 0.15) is 0 Å². The van der Waals surface area contributed by atoms with E-state index in [2.05, 4.69) is 15.9 Å². The summed E-state index contributed by atoms with van der Waals surface area (Å²) in [6.45, 7) is 0. The summed E-state index contributed by atoms with van der Waals surface area (Å²) < 4.78 is 18.8. The van der Waals surface area contributed by atoms with Gasteiger partial charge in [-0.2, -0.15) is 0 Å². The predicted octanol–water partition coefficient (Wildman–Crippen LogP) is 2.73. The summed E-state index contributed by atoms with van der Waals surface area (Å²) in [5, 5.41) is 0. The van der Waals surface area contributed by atoms with Crippen LogP contribution in [0.3, 0.4) is 0 Å². The zero-order valence-corrected chi connectivity index (χ0v) is 9.15. The molecule has 0 aromatic heterocycles. The summed E-state index contributed by atoms with van der Waals surface area (Å²) in [5.74, 6) is -0.174. The zero-order valence-electron chi connectivity index (χ0n) is 7.56. The summed E-state index contributed by atoms with van der Waals surface area (Å²) in [4.78, 5) is 11.5. The van der Waals surface area contributed by atoms with E-state index >= 15 is 0 Å². The SMILES string of the molecule is COc1c(F)cc(Br)c2c1CCC2=O. The number of hydrogen-bond donors (Lipinski definition) is 0. The molecule has 74 valence electrons. The van der Waals surface area contributed by atoms with Gasteiger partial charge in [-0.05, 0) is 28.4 Å². The molecular weight excluding hydrogens is 251 g/mol. The standard InChI is InChI=1S/C10H8BrFO2/c1-14-10-5-2-3-8(13)9(5)6(11)4-7(10)12/h4H,2-3H2,1H3. The first-order chi connectivity index (χ1) is 6.65. The van der Waals surface area contributed by atoms with Crippen LogP contribution >= 0.6 is 15.9 Å². The van der Waals surface area contributed by atoms with Gasteiger partial charge < -0.3 is 4.74 Å². The van der Waals surface area contributed by atoms with Crippen molar-refractivity contribution in [1.82, 2.24) is 0 Å². The Bertz CT molecular complexity index is 415. The molecule has 0 radical (unpaired) electrons. The Labute approximate surface area is 89.2 Å². The molecule has 1 aromatic rings. The Morgan fingerprint density at radius 1 is 1.50 bits per heavy atom. The lowest BCUT2D eigenvalue weighted by Crippen LogP contribution is -1.98. The number of hydrogen-bond acceptors (Lipinski definition) is 2. The molecule has 2 rings (SSSR count). The molecule has 0 N–H and O–H groups in total. The lowest BCUT2D eigenvalue weighted by atomic mass is 10.1. The highest BCUT2D eigenvalue weighted by atomic mass is 79.9. The second-order valence-corrected chi connectivity index (χ2v) is 4.00. The minimum atomic E-state index is -0.423. The van der Waals surface area contributed by atoms with Crippen molar-refractivity contribution in [2.75, 3.05) is 7.11 Å². The smallest absolute Gasteiger partial charge is 0.166 e. The van der Waals surface area contributed by atoms with Crippen LogP contribution in [0.15, 0.2) is 10.5 Å². The molecule has 0 aliphatic heterocycles. The number of carbonyl (C=O) groups is 1. The fourth-order valence-electron chi connectivity index (χ4n) is 1.78. The minimum Gasteiger partial charge on any atom is -0.493 e. The van der Waals surface area contributed by atoms with E-state index in [1.165, 1.54) is 13.2 Å². The number of benzene rings is 1. The van der Waals surface area contributed by atoms with Gasteiger partial charge in [-0.25, -0.2) is 4.39 Å². The second kappa shape index (κ2) is 3.35. The van der Waals surface area contributed by atoms with Crippen LogP contribution in [-0.2, 0) is 6.42 Å². The van der Waals surface area contributed by atoms with Gasteiger partial charge in [-0.15, -0.1) is 0 Å². The van der Waals surface area contributed by atoms with E-state index in [9.17, 15) is 9.18 Å². The summed E-state index contributed by atoms with van der Waals surface area (Å²) in [5.41, 5.74) is 1.26. The molecule has 1 aromatic carbocycles. The van der Waals surface area contributed by atoms with E-state index in [0.29, 0.717) is 28.4 Å². The maximum Gasteiger partial charge on any atom is 0.166 e. The first-order valence-electron chi connectivity index (χ1n) is 4.23. The van der Waals surface area contributed by atoms with Crippen molar-refractivity contribution >= 4 is 21.7 Å². The third-order valence-corrected chi connectivity index (χ3v) is 3.00. The van der Waals surface area contributed by atoms with Gasteiger partial charge in [-0.1, -0.05) is 0 Å². The van der Waals surface area contributed by atoms with Crippen LogP contribution in [0, 0.1) is 5.82 Å². The molecule has 0 heterocycles. The fourth-order valence-corrected chi connectivity index (χ4v) is 2.44. The predicted molar refractivity (Wildman–Crippen MR) is 53.3 cm³/mol. The van der Waals surface area contributed by atoms with Gasteiger partial charge in [0.25, 0.3) is 0 Å². The highest BCUT2D eigenvalue weighted by Crippen LogP contribution is 2.37. The molecule has 14 heavy (non-hydrogen) atoms. The van der Waals surface area contributed by atoms with Crippen molar-refractivity contribution in [2.45, 2.75) is 12.8 Å². The molecular formula is C10H8BrFO2. The highest BCUT2D eigenvalue weighted by molar-refractivity contribution is 9.10. The Kier molecular flexibility index (Phi) is 2.31. The topological polar surface area (TPSA) is 26.3 Å². The van der Waals surface area contributed by atoms with E-state index in [0.717, 1.165) is 0 Å². The number of Topliss-reactive ketones (excluding diaryl/α,β-unsaturated/α-hetero) is 1. The average Bonchev–Trinajstić information content (AvgIpc) is 2.49. The van der Waals surface area contributed by atoms with Crippen molar-refractivity contribution in [3.05, 3.63) is 27.5 Å². The Morgan fingerprint density at radius 3 is 2.86 bits per heavy atom. The highest BCUT2D eigenvalue weighted by Gasteiger charge is 2.27. The van der Waals surface area contributed by atoms with Gasteiger partial charge >= 0.3 is 0 Å². The molecule has 0 amide bonds. The molecule has 0 fully saturated rings. The first-order valence-corrected chi connectivity index (χ1v) is 5.02. The van der Waals surface area contributed by atoms with Crippen LogP contribution in [0.4, 0.5) is 4.39 Å². The van der Waals surface area contributed by atoms with Crippen LogP contribution in [0.25, 0.3) is 0 Å². The minimum absolute atomic E-state index is 0.0465. The monoisotopic (exact) mass is 258 g/mol. The van der Waals surface area contributed by atoms with Crippen molar-refractivity contribution in [1.29, 1.82) is 0 Å². The molecule has 0 atom stereocenters. The summed E-state index contributed by atoms with van der Waals surface area (Å²) in [7, 11) is 1.41. The van der Waals surface area contributed by atoms with Crippen LogP contribution in [0.5, 0.6) is 5.75 Å². The second-order valence-electron chi connectivity index (χ2n) is 3.15. The number of fused-ring (bicyclic) bond motifs is 1. The van der Waals surface area contributed by atoms with E-state index in [1.54, 1.807) is 0 Å². The van der Waals surface area contributed by atoms with Gasteiger partial charge in [-0.3, -0.25) is 4.79 Å². The Morgan fingerprint density at radius 2 is 2.21 bits per heavy atom. The lowest BCUT2D eigenvalue weighted by Gasteiger charge is -2.08. The fraction of sp³-hybridized carbons (Fsp3) is 0.300. The van der Waals surface area contributed by atoms with Crippen molar-refractivity contribution in [3.63, 3.8) is 0 Å². The molecule has 1 aliphatic carbocycles. The molecule has 2 nitrogen and oxygen atoms in total. The largest absolute Gasteiger partial charge is 0.493 e. The van der Waals surface area contributed by atoms with Crippen LogP contribution in [0.2, 0.25) is 0 Å². The Balaban J connectivity index is 2.72. The average molecular weight is 259 g/mol. The number of ketones is 1. The summed E-state index contributed by atoms with van der Waals surface area (Å²) >= 11 is 3.19. The number of ether oxygens (including phenoxy) is 1. The van der Waals surface area contributed by atoms with E-state index in [4.69, 9.17) is 4.74 Å². The van der Waals surface area contributed by atoms with E-state index in [1.807, 2.05) is 0 Å². The molecule has 4 heteroatoms. The summed E-state index contributed by atoms with van der Waals surface area (Å²) in [6.07, 6.45) is 1.00. The number of halogens is 2. The van der Waals surface area contributed by atoms with Gasteiger partial charge in [0, 0.05) is 22.0 Å². The molecule has 0 saturated heterocycles. The molecule has 1 aliphatic rings. The van der Waals surface area contributed by atoms with Crippen LogP contribution < -0.4 is 4.74 Å². The van der Waals surface area contributed by atoms with Crippen LogP contribution in [0.1, 0.15) is 22.3 Å². The van der Waals surface area contributed by atoms with Gasteiger partial charge in [0.2, 0.25) is 0 Å². The number of rotatable bonds is 1. The molecule has 0 bridgehead atoms. The van der Waals surface area contributed by atoms with Crippen LogP contribution in [-0.4, -0.2) is 12.9 Å². The van der Waals surface area contributed by atoms with E-state index < -0.39 is 5.82 Å². The number of methoxy groups -OCH3 is 1. The van der Waals surface area contributed by atoms with Crippen molar-refractivity contribution in [3.8, 4) is 5.75 Å². The Hall–Kier alpha value is -0.900. The maximum atomic E-state index is 13.4. The quantitative estimate of drug-likeness (QED) is 0.775. The summed E-state index contributed by atoms with van der Waals surface area (Å²) in [6, 6.07) is 1.28. The van der Waals surface area contributed by atoms with Gasteiger partial charge in [0.15, 0.2) is 17.3 Å². The molecule has 0 spiro atoms. The molecule has 0 unspecified atom stereocenters. The first kappa shape index (κ1) is 9.65. The normalized spacial score (nSPS) is 14.4.